The first-order valence-corrected chi connectivity index (χ1v) is 6.27. The summed E-state index contributed by atoms with van der Waals surface area (Å²) in [5.41, 5.74) is 6.48. The monoisotopic (exact) mass is 228 g/mol. The molecule has 0 saturated heterocycles. The van der Waals surface area contributed by atoms with E-state index in [9.17, 15) is 0 Å². The number of hydrogen-bond acceptors (Lipinski definition) is 4. The molecule has 0 aliphatic rings. The Morgan fingerprint density at radius 3 is 2.67 bits per heavy atom. The molecule has 0 radical (unpaired) electrons. The van der Waals surface area contributed by atoms with Crippen molar-refractivity contribution in [3.8, 4) is 0 Å². The highest BCUT2D eigenvalue weighted by Gasteiger charge is 2.28. The number of rotatable bonds is 5. The minimum Gasteiger partial charge on any atom is -0.368 e. The fourth-order valence-electron chi connectivity index (χ4n) is 1.37. The van der Waals surface area contributed by atoms with E-state index in [0.717, 1.165) is 17.1 Å². The summed E-state index contributed by atoms with van der Waals surface area (Å²) in [6.45, 7) is 8.86. The minimum atomic E-state index is -0.257. The zero-order chi connectivity index (χ0) is 11.5. The van der Waals surface area contributed by atoms with Crippen LogP contribution in [-0.2, 0) is 10.3 Å². The van der Waals surface area contributed by atoms with E-state index in [1.807, 2.05) is 19.2 Å². The van der Waals surface area contributed by atoms with Gasteiger partial charge in [-0.3, -0.25) is 0 Å². The summed E-state index contributed by atoms with van der Waals surface area (Å²) in [5, 5.41) is 3.05. The largest absolute Gasteiger partial charge is 0.368 e. The topological polar surface area (TPSA) is 48.1 Å². The van der Waals surface area contributed by atoms with Gasteiger partial charge in [-0.2, -0.15) is 0 Å². The molecule has 3 nitrogen and oxygen atoms in total. The molecule has 0 fully saturated rings. The van der Waals surface area contributed by atoms with Crippen molar-refractivity contribution in [3.05, 3.63) is 16.1 Å². The highest BCUT2D eigenvalue weighted by atomic mass is 32.1. The molecule has 1 aromatic rings. The number of nitrogens with zero attached hydrogens (tertiary/aromatic N) is 1. The van der Waals surface area contributed by atoms with Crippen molar-refractivity contribution in [2.24, 2.45) is 5.73 Å². The summed E-state index contributed by atoms with van der Waals surface area (Å²) < 4.78 is 5.76. The third-order valence-electron chi connectivity index (χ3n) is 2.58. The van der Waals surface area contributed by atoms with Gasteiger partial charge in [0.1, 0.15) is 10.6 Å². The standard InChI is InChI=1S/C11H20N2OS/c1-5-11(4,14-6-2)10-13-9(7-15-10)8(3)12/h7-8H,5-6,12H2,1-4H3. The molecule has 0 bridgehead atoms. The number of hydrogen-bond donors (Lipinski definition) is 1. The molecule has 15 heavy (non-hydrogen) atoms. The van der Waals surface area contributed by atoms with Gasteiger partial charge in [-0.25, -0.2) is 4.98 Å². The Balaban J connectivity index is 2.92. The molecule has 1 aromatic heterocycles. The van der Waals surface area contributed by atoms with Crippen molar-refractivity contribution in [1.82, 2.24) is 4.98 Å². The van der Waals surface area contributed by atoms with Crippen LogP contribution in [0.25, 0.3) is 0 Å². The van der Waals surface area contributed by atoms with E-state index in [4.69, 9.17) is 10.5 Å². The lowest BCUT2D eigenvalue weighted by Crippen LogP contribution is -2.25. The van der Waals surface area contributed by atoms with Gasteiger partial charge in [-0.1, -0.05) is 6.92 Å². The van der Waals surface area contributed by atoms with Crippen LogP contribution in [0.2, 0.25) is 0 Å². The second-order valence-electron chi connectivity index (χ2n) is 3.88. The van der Waals surface area contributed by atoms with Crippen LogP contribution in [0, 0.1) is 0 Å². The summed E-state index contributed by atoms with van der Waals surface area (Å²) in [4.78, 5) is 4.54. The van der Waals surface area contributed by atoms with Crippen LogP contribution in [-0.4, -0.2) is 11.6 Å². The molecule has 0 saturated carbocycles. The van der Waals surface area contributed by atoms with E-state index in [-0.39, 0.29) is 11.6 Å². The Morgan fingerprint density at radius 2 is 2.27 bits per heavy atom. The molecule has 2 atom stereocenters. The number of ether oxygens (including phenoxy) is 1. The molecule has 2 unspecified atom stereocenters. The fraction of sp³-hybridized carbons (Fsp3) is 0.727. The fourth-order valence-corrected chi connectivity index (χ4v) is 2.48. The van der Waals surface area contributed by atoms with E-state index in [0.29, 0.717) is 6.61 Å². The summed E-state index contributed by atoms with van der Waals surface area (Å²) in [5.74, 6) is 0. The normalized spacial score (nSPS) is 17.4. The van der Waals surface area contributed by atoms with Crippen molar-refractivity contribution in [2.75, 3.05) is 6.61 Å². The van der Waals surface area contributed by atoms with Gasteiger partial charge in [-0.05, 0) is 27.2 Å². The maximum absolute atomic E-state index is 5.79. The van der Waals surface area contributed by atoms with Crippen molar-refractivity contribution in [2.45, 2.75) is 45.8 Å². The molecule has 2 N–H and O–H groups in total. The van der Waals surface area contributed by atoms with Crippen LogP contribution in [0.3, 0.4) is 0 Å². The van der Waals surface area contributed by atoms with Gasteiger partial charge in [0.25, 0.3) is 0 Å². The van der Waals surface area contributed by atoms with Crippen molar-refractivity contribution in [1.29, 1.82) is 0 Å². The van der Waals surface area contributed by atoms with Crippen LogP contribution in [0.5, 0.6) is 0 Å². The number of thiazole rings is 1. The first-order valence-electron chi connectivity index (χ1n) is 5.39. The lowest BCUT2D eigenvalue weighted by molar-refractivity contribution is -0.0325. The zero-order valence-electron chi connectivity index (χ0n) is 9.91. The van der Waals surface area contributed by atoms with Gasteiger partial charge in [-0.15, -0.1) is 11.3 Å². The van der Waals surface area contributed by atoms with Crippen LogP contribution < -0.4 is 5.73 Å². The summed E-state index contributed by atoms with van der Waals surface area (Å²) in [6.07, 6.45) is 0.923. The minimum absolute atomic E-state index is 0.00210. The van der Waals surface area contributed by atoms with Gasteiger partial charge in [0, 0.05) is 18.0 Å². The van der Waals surface area contributed by atoms with Crippen LogP contribution in [0.4, 0.5) is 0 Å². The molecule has 0 amide bonds. The highest BCUT2D eigenvalue weighted by molar-refractivity contribution is 7.09. The Bertz CT molecular complexity index is 311. The maximum atomic E-state index is 5.79. The van der Waals surface area contributed by atoms with E-state index in [1.165, 1.54) is 0 Å². The Kier molecular flexibility index (Phi) is 4.25. The SMILES string of the molecule is CCOC(C)(CC)c1nc(C(C)N)cs1. The number of nitrogens with two attached hydrogens (primary N) is 1. The lowest BCUT2D eigenvalue weighted by atomic mass is 10.0. The van der Waals surface area contributed by atoms with Crippen molar-refractivity contribution < 1.29 is 4.74 Å². The van der Waals surface area contributed by atoms with Gasteiger partial charge >= 0.3 is 0 Å². The summed E-state index contributed by atoms with van der Waals surface area (Å²) in [6, 6.07) is -0.00210. The second kappa shape index (κ2) is 5.05. The average Bonchev–Trinajstić information content (AvgIpc) is 2.67. The molecule has 0 aromatic carbocycles. The number of aromatic nitrogens is 1. The smallest absolute Gasteiger partial charge is 0.125 e. The van der Waals surface area contributed by atoms with Gasteiger partial charge in [0.15, 0.2) is 0 Å². The van der Waals surface area contributed by atoms with Crippen LogP contribution in [0.15, 0.2) is 5.38 Å². The third-order valence-corrected chi connectivity index (χ3v) is 3.68. The zero-order valence-corrected chi connectivity index (χ0v) is 10.7. The van der Waals surface area contributed by atoms with Crippen molar-refractivity contribution in [3.63, 3.8) is 0 Å². The van der Waals surface area contributed by atoms with Gasteiger partial charge in [0.05, 0.1) is 5.69 Å². The average molecular weight is 228 g/mol. The third kappa shape index (κ3) is 2.77. The Hall–Kier alpha value is -0.450. The Morgan fingerprint density at radius 1 is 1.60 bits per heavy atom. The first kappa shape index (κ1) is 12.6. The molecule has 4 heteroatoms. The quantitative estimate of drug-likeness (QED) is 0.843. The molecule has 0 aliphatic carbocycles. The molecular weight excluding hydrogens is 208 g/mol. The van der Waals surface area contributed by atoms with E-state index < -0.39 is 0 Å². The predicted molar refractivity (Wildman–Crippen MR) is 64.0 cm³/mol. The van der Waals surface area contributed by atoms with E-state index in [2.05, 4.69) is 18.8 Å². The van der Waals surface area contributed by atoms with Gasteiger partial charge in [0.2, 0.25) is 0 Å². The molecular formula is C11H20N2OS. The highest BCUT2D eigenvalue weighted by Crippen LogP contribution is 2.32. The molecule has 1 rings (SSSR count). The van der Waals surface area contributed by atoms with E-state index in [1.54, 1.807) is 11.3 Å². The Labute approximate surface area is 95.7 Å². The van der Waals surface area contributed by atoms with Crippen molar-refractivity contribution >= 4 is 11.3 Å². The second-order valence-corrected chi connectivity index (χ2v) is 4.74. The summed E-state index contributed by atoms with van der Waals surface area (Å²) >= 11 is 1.63. The molecule has 0 spiro atoms. The first-order chi connectivity index (χ1) is 7.03. The lowest BCUT2D eigenvalue weighted by Gasteiger charge is -2.25. The van der Waals surface area contributed by atoms with Crippen LogP contribution in [0.1, 0.15) is 50.9 Å². The molecule has 0 aliphatic heterocycles. The van der Waals surface area contributed by atoms with E-state index >= 15 is 0 Å². The predicted octanol–water partition coefficient (Wildman–Crippen LogP) is 2.82. The van der Waals surface area contributed by atoms with Gasteiger partial charge < -0.3 is 10.5 Å². The molecule has 1 heterocycles. The maximum Gasteiger partial charge on any atom is 0.125 e. The summed E-state index contributed by atoms with van der Waals surface area (Å²) in [7, 11) is 0. The van der Waals surface area contributed by atoms with Crippen LogP contribution >= 0.6 is 11.3 Å². The molecule has 86 valence electrons.